The maximum atomic E-state index is 11.0. The van der Waals surface area contributed by atoms with Crippen LogP contribution in [0.4, 0.5) is 0 Å². The first-order valence-corrected chi connectivity index (χ1v) is 7.38. The van der Waals surface area contributed by atoms with Crippen molar-refractivity contribution in [3.63, 3.8) is 0 Å². The zero-order valence-electron chi connectivity index (χ0n) is 13.9. The monoisotopic (exact) mass is 306 g/mol. The molecular formula is C15H30O6. The van der Waals surface area contributed by atoms with Crippen molar-refractivity contribution in [1.82, 2.24) is 0 Å². The molecule has 0 aliphatic heterocycles. The summed E-state index contributed by atoms with van der Waals surface area (Å²) < 4.78 is 21.7. The molecule has 0 aliphatic carbocycles. The first kappa shape index (κ1) is 20.3. The average molecular weight is 306 g/mol. The van der Waals surface area contributed by atoms with Crippen LogP contribution >= 0.6 is 0 Å². The Labute approximate surface area is 127 Å². The molecule has 0 aromatic heterocycles. The third kappa shape index (κ3) is 10.6. The highest BCUT2D eigenvalue weighted by Gasteiger charge is 2.35. The average Bonchev–Trinajstić information content (AvgIpc) is 2.35. The van der Waals surface area contributed by atoms with Gasteiger partial charge in [0, 0.05) is 6.61 Å². The van der Waals surface area contributed by atoms with Crippen LogP contribution in [0.5, 0.6) is 0 Å². The van der Waals surface area contributed by atoms with E-state index in [9.17, 15) is 4.79 Å². The van der Waals surface area contributed by atoms with Crippen LogP contribution in [0, 0.1) is 0 Å². The van der Waals surface area contributed by atoms with E-state index in [1.54, 1.807) is 13.8 Å². The van der Waals surface area contributed by atoms with E-state index in [1.807, 2.05) is 0 Å². The molecule has 0 heterocycles. The van der Waals surface area contributed by atoms with Gasteiger partial charge >= 0.3 is 5.97 Å². The van der Waals surface area contributed by atoms with E-state index in [2.05, 4.69) is 6.92 Å². The minimum absolute atomic E-state index is 0.305. The van der Waals surface area contributed by atoms with Crippen LogP contribution in [0.3, 0.4) is 0 Å². The van der Waals surface area contributed by atoms with Gasteiger partial charge in [0.05, 0.1) is 38.6 Å². The summed E-state index contributed by atoms with van der Waals surface area (Å²) in [5.41, 5.74) is -1.91. The van der Waals surface area contributed by atoms with Crippen LogP contribution in [0.25, 0.3) is 0 Å². The SMILES string of the molecule is CCCOCCOCCOCC(C)(C)OC(C)(C)C(=O)O. The summed E-state index contributed by atoms with van der Waals surface area (Å²) in [6.07, 6.45) is 1.00. The number of carboxylic acid groups (broad SMARTS) is 1. The van der Waals surface area contributed by atoms with E-state index >= 15 is 0 Å². The molecule has 126 valence electrons. The first-order valence-electron chi connectivity index (χ1n) is 7.38. The predicted octanol–water partition coefficient (Wildman–Crippen LogP) is 2.10. The van der Waals surface area contributed by atoms with Gasteiger partial charge in [-0.2, -0.15) is 0 Å². The molecule has 6 nitrogen and oxygen atoms in total. The molecule has 0 radical (unpaired) electrons. The van der Waals surface area contributed by atoms with Crippen molar-refractivity contribution >= 4 is 5.97 Å². The second-order valence-electron chi connectivity index (χ2n) is 5.95. The molecule has 0 aromatic carbocycles. The first-order chi connectivity index (χ1) is 9.71. The molecule has 0 bridgehead atoms. The van der Waals surface area contributed by atoms with E-state index in [-0.39, 0.29) is 0 Å². The highest BCUT2D eigenvalue weighted by molar-refractivity contribution is 5.76. The molecule has 0 aromatic rings. The zero-order valence-corrected chi connectivity index (χ0v) is 13.9. The number of aliphatic carboxylic acids is 1. The van der Waals surface area contributed by atoms with Gasteiger partial charge in [-0.05, 0) is 34.1 Å². The summed E-state index contributed by atoms with van der Waals surface area (Å²) in [5, 5.41) is 9.04. The molecule has 0 rings (SSSR count). The molecule has 0 spiro atoms. The van der Waals surface area contributed by atoms with Gasteiger partial charge in [-0.15, -0.1) is 0 Å². The lowest BCUT2D eigenvalue weighted by Gasteiger charge is -2.33. The Hall–Kier alpha value is -0.690. The highest BCUT2D eigenvalue weighted by atomic mass is 16.6. The van der Waals surface area contributed by atoms with Crippen molar-refractivity contribution in [1.29, 1.82) is 0 Å². The van der Waals surface area contributed by atoms with Gasteiger partial charge in [0.25, 0.3) is 0 Å². The minimum Gasteiger partial charge on any atom is -0.479 e. The normalized spacial score (nSPS) is 12.6. The Kier molecular flexibility index (Phi) is 9.77. The van der Waals surface area contributed by atoms with E-state index in [0.29, 0.717) is 33.0 Å². The van der Waals surface area contributed by atoms with Crippen LogP contribution in [-0.2, 0) is 23.7 Å². The summed E-state index contributed by atoms with van der Waals surface area (Å²) in [6, 6.07) is 0. The molecule has 1 N–H and O–H groups in total. The molecule has 0 saturated carbocycles. The second kappa shape index (κ2) is 10.1. The summed E-state index contributed by atoms with van der Waals surface area (Å²) in [6.45, 7) is 11.8. The maximum absolute atomic E-state index is 11.0. The molecule has 0 unspecified atom stereocenters. The second-order valence-corrected chi connectivity index (χ2v) is 5.95. The third-order valence-corrected chi connectivity index (χ3v) is 2.59. The van der Waals surface area contributed by atoms with Gasteiger partial charge in [0.2, 0.25) is 0 Å². The lowest BCUT2D eigenvalue weighted by Crippen LogP contribution is -2.45. The molecule has 21 heavy (non-hydrogen) atoms. The zero-order chi connectivity index (χ0) is 16.4. The van der Waals surface area contributed by atoms with E-state index < -0.39 is 17.2 Å². The Morgan fingerprint density at radius 3 is 1.86 bits per heavy atom. The van der Waals surface area contributed by atoms with Crippen molar-refractivity contribution in [2.45, 2.75) is 52.2 Å². The number of carbonyl (C=O) groups is 1. The van der Waals surface area contributed by atoms with E-state index in [1.165, 1.54) is 13.8 Å². The lowest BCUT2D eigenvalue weighted by molar-refractivity contribution is -0.188. The Morgan fingerprint density at radius 2 is 1.38 bits per heavy atom. The van der Waals surface area contributed by atoms with Gasteiger partial charge in [-0.25, -0.2) is 4.79 Å². The lowest BCUT2D eigenvalue weighted by atomic mass is 10.1. The molecule has 0 fully saturated rings. The largest absolute Gasteiger partial charge is 0.479 e. The van der Waals surface area contributed by atoms with Crippen molar-refractivity contribution in [3.05, 3.63) is 0 Å². The van der Waals surface area contributed by atoms with Gasteiger partial charge in [-0.1, -0.05) is 6.92 Å². The molecule has 0 atom stereocenters. The maximum Gasteiger partial charge on any atom is 0.335 e. The van der Waals surface area contributed by atoms with Gasteiger partial charge in [-0.3, -0.25) is 0 Å². The fourth-order valence-electron chi connectivity index (χ4n) is 1.67. The molecule has 0 aliphatic rings. The quantitative estimate of drug-likeness (QED) is 0.525. The van der Waals surface area contributed by atoms with Gasteiger partial charge in [0.15, 0.2) is 5.60 Å². The van der Waals surface area contributed by atoms with Crippen LogP contribution in [-0.4, -0.2) is 61.9 Å². The van der Waals surface area contributed by atoms with Crippen molar-refractivity contribution in [2.24, 2.45) is 0 Å². The number of carboxylic acids is 1. The number of rotatable bonds is 13. The molecular weight excluding hydrogens is 276 g/mol. The van der Waals surface area contributed by atoms with Crippen LogP contribution in [0.15, 0.2) is 0 Å². The third-order valence-electron chi connectivity index (χ3n) is 2.59. The highest BCUT2D eigenvalue weighted by Crippen LogP contribution is 2.20. The Bertz CT molecular complexity index is 288. The number of ether oxygens (including phenoxy) is 4. The Balaban J connectivity index is 3.69. The number of hydrogen-bond donors (Lipinski definition) is 1. The number of hydrogen-bond acceptors (Lipinski definition) is 5. The minimum atomic E-state index is -1.24. The van der Waals surface area contributed by atoms with Crippen LogP contribution in [0.2, 0.25) is 0 Å². The summed E-state index contributed by atoms with van der Waals surface area (Å²) in [4.78, 5) is 11.0. The fourth-order valence-corrected chi connectivity index (χ4v) is 1.67. The summed E-state index contributed by atoms with van der Waals surface area (Å²) in [7, 11) is 0. The van der Waals surface area contributed by atoms with E-state index in [0.717, 1.165) is 13.0 Å². The van der Waals surface area contributed by atoms with Crippen molar-refractivity contribution in [3.8, 4) is 0 Å². The molecule has 0 amide bonds. The molecule has 0 saturated heterocycles. The smallest absolute Gasteiger partial charge is 0.335 e. The Morgan fingerprint density at radius 1 is 0.905 bits per heavy atom. The van der Waals surface area contributed by atoms with E-state index in [4.69, 9.17) is 24.1 Å². The standard InChI is InChI=1S/C15H30O6/c1-6-7-18-8-9-19-10-11-20-12-14(2,3)21-15(4,5)13(16)17/h6-12H2,1-5H3,(H,16,17). The van der Waals surface area contributed by atoms with Crippen molar-refractivity contribution < 1.29 is 28.8 Å². The topological polar surface area (TPSA) is 74.2 Å². The fraction of sp³-hybridized carbons (Fsp3) is 0.933. The predicted molar refractivity (Wildman–Crippen MR) is 79.6 cm³/mol. The summed E-state index contributed by atoms with van der Waals surface area (Å²) >= 11 is 0. The van der Waals surface area contributed by atoms with Gasteiger partial charge < -0.3 is 24.1 Å². The van der Waals surface area contributed by atoms with Gasteiger partial charge in [0.1, 0.15) is 0 Å². The van der Waals surface area contributed by atoms with Crippen LogP contribution in [0.1, 0.15) is 41.0 Å². The molecule has 6 heteroatoms. The summed E-state index contributed by atoms with van der Waals surface area (Å²) in [5.74, 6) is -0.994. The van der Waals surface area contributed by atoms with Crippen molar-refractivity contribution in [2.75, 3.05) is 39.6 Å². The van der Waals surface area contributed by atoms with Crippen LogP contribution < -0.4 is 0 Å².